The van der Waals surface area contributed by atoms with Crippen molar-refractivity contribution in [1.82, 2.24) is 0 Å². The topological polar surface area (TPSA) is 44.7 Å². The Bertz CT molecular complexity index is 816. The van der Waals surface area contributed by atoms with Gasteiger partial charge in [0.25, 0.3) is 0 Å². The van der Waals surface area contributed by atoms with Crippen LogP contribution in [0.5, 0.6) is 0 Å². The SMILES string of the molecule is C=C[C@]12C[N@@+](C)([O-])[C@@H]3C[C@@]14C(=Nc1ccccc14)[C@@H]1C[C@H]2[C@H]3CO1. The molecule has 124 valence electrons. The number of benzene rings is 1. The molecule has 2 aliphatic carbocycles. The molecule has 0 N–H and O–H groups in total. The van der Waals surface area contributed by atoms with Crippen LogP contribution in [0, 0.1) is 22.5 Å². The molecule has 1 spiro atoms. The van der Waals surface area contributed by atoms with E-state index < -0.39 is 0 Å². The summed E-state index contributed by atoms with van der Waals surface area (Å²) in [7, 11) is 1.86. The van der Waals surface area contributed by atoms with E-state index in [4.69, 9.17) is 9.73 Å². The first-order valence-electron chi connectivity index (χ1n) is 9.03. The van der Waals surface area contributed by atoms with E-state index in [9.17, 15) is 5.21 Å². The highest BCUT2D eigenvalue weighted by atomic mass is 16.5. The number of nitrogens with zero attached hydrogens (tertiary/aromatic N) is 2. The van der Waals surface area contributed by atoms with Gasteiger partial charge in [-0.25, -0.2) is 0 Å². The van der Waals surface area contributed by atoms with Crippen molar-refractivity contribution in [1.29, 1.82) is 0 Å². The monoisotopic (exact) mass is 322 g/mol. The third kappa shape index (κ3) is 1.18. The molecular formula is C20H22N2O2. The van der Waals surface area contributed by atoms with Crippen LogP contribution in [0.4, 0.5) is 5.69 Å². The lowest BCUT2D eigenvalue weighted by molar-refractivity contribution is -0.915. The van der Waals surface area contributed by atoms with Gasteiger partial charge in [-0.05, 0) is 24.0 Å². The van der Waals surface area contributed by atoms with Crippen LogP contribution in [0.25, 0.3) is 0 Å². The van der Waals surface area contributed by atoms with Crippen LogP contribution in [0.3, 0.4) is 0 Å². The quantitative estimate of drug-likeness (QED) is 0.453. The average Bonchev–Trinajstić information content (AvgIpc) is 2.89. The van der Waals surface area contributed by atoms with Crippen LogP contribution in [-0.4, -0.2) is 42.7 Å². The van der Waals surface area contributed by atoms with Crippen LogP contribution < -0.4 is 0 Å². The number of fused-ring (bicyclic) bond motifs is 4. The van der Waals surface area contributed by atoms with Crippen molar-refractivity contribution in [3.8, 4) is 0 Å². The van der Waals surface area contributed by atoms with Gasteiger partial charge in [-0.15, -0.1) is 6.58 Å². The van der Waals surface area contributed by atoms with Crippen molar-refractivity contribution in [3.05, 3.63) is 47.7 Å². The van der Waals surface area contributed by atoms with Gasteiger partial charge in [-0.2, -0.15) is 0 Å². The number of rotatable bonds is 1. The zero-order valence-electron chi connectivity index (χ0n) is 13.9. The standard InChI is InChI=1S/C20H22N2O2/c1-3-19-11-22(2,23)16-9-20(19)13-6-4-5-7-15(13)21-18(20)17-8-14(19)12(16)10-24-17/h3-7,12,14,16-17H,1,8-11H2,2H3/t12-,14+,16-,17+,19-,20-,22-/m1/s1. The first-order chi connectivity index (χ1) is 11.5. The van der Waals surface area contributed by atoms with Crippen LogP contribution in [0.2, 0.25) is 0 Å². The summed E-state index contributed by atoms with van der Waals surface area (Å²) in [6.45, 7) is 5.60. The zero-order valence-corrected chi connectivity index (χ0v) is 13.9. The Morgan fingerprint density at radius 1 is 1.42 bits per heavy atom. The summed E-state index contributed by atoms with van der Waals surface area (Å²) in [5, 5.41) is 13.4. The fraction of sp³-hybridized carbons (Fsp3) is 0.550. The third-order valence-electron chi connectivity index (χ3n) is 7.93. The van der Waals surface area contributed by atoms with Crippen LogP contribution in [0.15, 0.2) is 41.9 Å². The molecule has 0 radical (unpaired) electrons. The van der Waals surface area contributed by atoms with Gasteiger partial charge < -0.3 is 14.6 Å². The molecule has 24 heavy (non-hydrogen) atoms. The molecule has 0 amide bonds. The lowest BCUT2D eigenvalue weighted by atomic mass is 9.37. The van der Waals surface area contributed by atoms with E-state index in [-0.39, 0.29) is 27.6 Å². The summed E-state index contributed by atoms with van der Waals surface area (Å²) in [5.74, 6) is 0.855. The number of hydrogen-bond acceptors (Lipinski definition) is 3. The summed E-state index contributed by atoms with van der Waals surface area (Å²) in [6, 6.07) is 8.61. The fourth-order valence-corrected chi connectivity index (χ4v) is 7.17. The van der Waals surface area contributed by atoms with E-state index in [1.54, 1.807) is 0 Å². The maximum atomic E-state index is 13.4. The molecule has 2 saturated carbocycles. The van der Waals surface area contributed by atoms with Gasteiger partial charge in [0.05, 0.1) is 54.6 Å². The van der Waals surface area contributed by atoms with Crippen molar-refractivity contribution in [2.45, 2.75) is 30.4 Å². The Hall–Kier alpha value is -1.49. The second kappa shape index (κ2) is 3.85. The molecule has 0 unspecified atom stereocenters. The predicted octanol–water partition coefficient (Wildman–Crippen LogP) is 2.95. The van der Waals surface area contributed by atoms with Gasteiger partial charge >= 0.3 is 0 Å². The Labute approximate surface area is 142 Å². The van der Waals surface area contributed by atoms with Crippen molar-refractivity contribution in [2.75, 3.05) is 20.2 Å². The summed E-state index contributed by atoms with van der Waals surface area (Å²) in [6.07, 6.45) is 4.15. The largest absolute Gasteiger partial charge is 0.633 e. The van der Waals surface area contributed by atoms with Gasteiger partial charge in [0.2, 0.25) is 0 Å². The molecule has 1 aromatic rings. The molecule has 7 rings (SSSR count). The summed E-state index contributed by atoms with van der Waals surface area (Å²) in [5.41, 5.74) is 3.22. The number of hydrogen-bond donors (Lipinski definition) is 0. The molecule has 3 saturated heterocycles. The minimum Gasteiger partial charge on any atom is -0.633 e. The first kappa shape index (κ1) is 13.8. The smallest absolute Gasteiger partial charge is 0.0968 e. The van der Waals surface area contributed by atoms with E-state index in [1.165, 1.54) is 11.3 Å². The molecular weight excluding hydrogens is 300 g/mol. The Balaban J connectivity index is 1.72. The van der Waals surface area contributed by atoms with E-state index in [1.807, 2.05) is 7.05 Å². The lowest BCUT2D eigenvalue weighted by Crippen LogP contribution is -2.82. The van der Waals surface area contributed by atoms with E-state index in [0.29, 0.717) is 25.0 Å². The highest BCUT2D eigenvalue weighted by molar-refractivity contribution is 6.07. The first-order valence-corrected chi connectivity index (χ1v) is 9.03. The summed E-state index contributed by atoms with van der Waals surface area (Å²) in [4.78, 5) is 5.06. The number of piperidine rings is 2. The number of hydroxylamine groups is 3. The molecule has 7 atom stereocenters. The molecule has 4 nitrogen and oxygen atoms in total. The maximum Gasteiger partial charge on any atom is 0.0968 e. The minimum atomic E-state index is -0.186. The van der Waals surface area contributed by atoms with Gasteiger partial charge in [0.15, 0.2) is 0 Å². The summed E-state index contributed by atoms with van der Waals surface area (Å²) < 4.78 is 6.09. The number of quaternary nitrogens is 1. The lowest BCUT2D eigenvalue weighted by Gasteiger charge is -2.74. The van der Waals surface area contributed by atoms with E-state index >= 15 is 0 Å². The second-order valence-corrected chi connectivity index (χ2v) is 8.60. The molecule has 6 aliphatic rings. The van der Waals surface area contributed by atoms with Crippen LogP contribution in [-0.2, 0) is 10.2 Å². The third-order valence-corrected chi connectivity index (χ3v) is 7.93. The minimum absolute atomic E-state index is 0.106. The Morgan fingerprint density at radius 3 is 3.08 bits per heavy atom. The van der Waals surface area contributed by atoms with Crippen molar-refractivity contribution < 1.29 is 9.38 Å². The van der Waals surface area contributed by atoms with Gasteiger partial charge in [0.1, 0.15) is 0 Å². The van der Waals surface area contributed by atoms with Gasteiger partial charge in [0, 0.05) is 12.3 Å². The van der Waals surface area contributed by atoms with Crippen LogP contribution >= 0.6 is 0 Å². The molecule has 4 heterocycles. The number of ether oxygens (including phenoxy) is 1. The molecule has 5 bridgehead atoms. The van der Waals surface area contributed by atoms with Crippen molar-refractivity contribution in [3.63, 3.8) is 0 Å². The maximum absolute atomic E-state index is 13.4. The highest BCUT2D eigenvalue weighted by Crippen LogP contribution is 2.71. The van der Waals surface area contributed by atoms with Crippen LogP contribution in [0.1, 0.15) is 18.4 Å². The molecule has 1 aromatic carbocycles. The van der Waals surface area contributed by atoms with Crippen molar-refractivity contribution in [2.24, 2.45) is 22.2 Å². The van der Waals surface area contributed by atoms with Gasteiger partial charge in [-0.1, -0.05) is 24.3 Å². The van der Waals surface area contributed by atoms with Crippen molar-refractivity contribution >= 4 is 11.4 Å². The number of aliphatic imine (C=N–C) groups is 1. The predicted molar refractivity (Wildman–Crippen MR) is 92.0 cm³/mol. The normalized spacial score (nSPS) is 52.7. The highest BCUT2D eigenvalue weighted by Gasteiger charge is 2.77. The fourth-order valence-electron chi connectivity index (χ4n) is 7.17. The van der Waals surface area contributed by atoms with E-state index in [0.717, 1.165) is 18.5 Å². The molecule has 4 aliphatic heterocycles. The zero-order chi connectivity index (χ0) is 16.3. The average molecular weight is 322 g/mol. The summed E-state index contributed by atoms with van der Waals surface area (Å²) >= 11 is 0. The second-order valence-electron chi connectivity index (χ2n) is 8.60. The molecule has 4 heteroatoms. The molecule has 0 aromatic heterocycles. The molecule has 5 fully saturated rings. The Kier molecular flexibility index (Phi) is 2.20. The Morgan fingerprint density at radius 2 is 2.25 bits per heavy atom. The van der Waals surface area contributed by atoms with Gasteiger partial charge in [-0.3, -0.25) is 4.99 Å². The van der Waals surface area contributed by atoms with E-state index in [2.05, 4.69) is 36.9 Å². The number of para-hydroxylation sites is 1.